The molecule has 2 aromatic carbocycles. The first-order valence-corrected chi connectivity index (χ1v) is 8.24. The van der Waals surface area contributed by atoms with Crippen molar-refractivity contribution in [2.75, 3.05) is 5.75 Å². The second-order valence-corrected chi connectivity index (χ2v) is 6.01. The maximum atomic E-state index is 11.7. The number of carbonyl (C=O) groups excluding carboxylic acids is 1. The number of phenolic OH excluding ortho intramolecular Hbond substituents is 2. The first kappa shape index (κ1) is 17.2. The molecule has 0 radical (unpaired) electrons. The summed E-state index contributed by atoms with van der Waals surface area (Å²) >= 11 is 7.47. The van der Waals surface area contributed by atoms with Crippen LogP contribution in [0.15, 0.2) is 47.6 Å². The largest absolute Gasteiger partial charge is 0.508 e. The van der Waals surface area contributed by atoms with Gasteiger partial charge in [0, 0.05) is 22.4 Å². The zero-order chi connectivity index (χ0) is 16.7. The lowest BCUT2D eigenvalue weighted by Gasteiger charge is -2.03. The van der Waals surface area contributed by atoms with Crippen LogP contribution in [0, 0.1) is 0 Å². The number of thioether (sulfide) groups is 1. The van der Waals surface area contributed by atoms with Gasteiger partial charge in [-0.1, -0.05) is 29.8 Å². The van der Waals surface area contributed by atoms with E-state index in [9.17, 15) is 15.0 Å². The van der Waals surface area contributed by atoms with E-state index in [1.54, 1.807) is 0 Å². The summed E-state index contributed by atoms with van der Waals surface area (Å²) < 4.78 is 0. The highest BCUT2D eigenvalue weighted by molar-refractivity contribution is 7.99. The van der Waals surface area contributed by atoms with E-state index in [2.05, 4.69) is 10.5 Å². The van der Waals surface area contributed by atoms with E-state index in [-0.39, 0.29) is 23.2 Å². The van der Waals surface area contributed by atoms with Crippen LogP contribution in [0.5, 0.6) is 11.5 Å². The molecular formula is C16H15ClN2O3S. The second-order valence-electron chi connectivity index (χ2n) is 4.62. The molecule has 0 fully saturated rings. The lowest BCUT2D eigenvalue weighted by atomic mass is 10.2. The molecule has 0 aliphatic heterocycles. The molecule has 0 aliphatic rings. The monoisotopic (exact) mass is 350 g/mol. The van der Waals surface area contributed by atoms with E-state index < -0.39 is 0 Å². The molecule has 0 aliphatic carbocycles. The summed E-state index contributed by atoms with van der Waals surface area (Å²) in [4.78, 5) is 11.7. The lowest BCUT2D eigenvalue weighted by molar-refractivity contribution is -0.118. The SMILES string of the molecule is O=C(CSCc1ccccc1Cl)N/N=C/c1ccc(O)cc1O. The molecule has 0 bridgehead atoms. The summed E-state index contributed by atoms with van der Waals surface area (Å²) in [6.45, 7) is 0. The molecule has 1 amide bonds. The molecule has 120 valence electrons. The number of nitrogens with zero attached hydrogens (tertiary/aromatic N) is 1. The number of aromatic hydroxyl groups is 2. The van der Waals surface area contributed by atoms with Crippen molar-refractivity contribution in [2.24, 2.45) is 5.10 Å². The third-order valence-electron chi connectivity index (χ3n) is 2.86. The lowest BCUT2D eigenvalue weighted by Crippen LogP contribution is -2.19. The first-order valence-electron chi connectivity index (χ1n) is 6.71. The maximum Gasteiger partial charge on any atom is 0.250 e. The number of carbonyl (C=O) groups is 1. The van der Waals surface area contributed by atoms with Crippen LogP contribution in [0.3, 0.4) is 0 Å². The van der Waals surface area contributed by atoms with E-state index in [1.807, 2.05) is 24.3 Å². The van der Waals surface area contributed by atoms with Gasteiger partial charge in [-0.2, -0.15) is 5.10 Å². The molecule has 0 unspecified atom stereocenters. The molecule has 5 nitrogen and oxygen atoms in total. The zero-order valence-corrected chi connectivity index (χ0v) is 13.6. The fraction of sp³-hybridized carbons (Fsp3) is 0.125. The number of hydrogen-bond acceptors (Lipinski definition) is 5. The minimum Gasteiger partial charge on any atom is -0.508 e. The number of nitrogens with one attached hydrogen (secondary N) is 1. The van der Waals surface area contributed by atoms with Crippen LogP contribution in [-0.4, -0.2) is 28.1 Å². The highest BCUT2D eigenvalue weighted by Crippen LogP contribution is 2.21. The van der Waals surface area contributed by atoms with Crippen LogP contribution in [0.2, 0.25) is 5.02 Å². The molecule has 0 saturated carbocycles. The van der Waals surface area contributed by atoms with Crippen molar-refractivity contribution in [1.82, 2.24) is 5.43 Å². The number of phenols is 2. The number of hydrogen-bond donors (Lipinski definition) is 3. The third-order valence-corrected chi connectivity index (χ3v) is 4.21. The van der Waals surface area contributed by atoms with Gasteiger partial charge in [0.1, 0.15) is 11.5 Å². The molecule has 23 heavy (non-hydrogen) atoms. The van der Waals surface area contributed by atoms with Gasteiger partial charge in [0.05, 0.1) is 12.0 Å². The van der Waals surface area contributed by atoms with Crippen molar-refractivity contribution >= 4 is 35.5 Å². The number of amides is 1. The number of halogens is 1. The summed E-state index contributed by atoms with van der Waals surface area (Å²) in [5, 5.41) is 23.2. The standard InChI is InChI=1S/C16H15ClN2O3S/c17-14-4-2-1-3-12(14)9-23-10-16(22)19-18-8-11-5-6-13(20)7-15(11)21/h1-8,20-21H,9-10H2,(H,19,22)/b18-8+. The van der Waals surface area contributed by atoms with E-state index in [0.29, 0.717) is 16.3 Å². The Labute approximate surface area is 143 Å². The fourth-order valence-electron chi connectivity index (χ4n) is 1.72. The minimum atomic E-state index is -0.253. The summed E-state index contributed by atoms with van der Waals surface area (Å²) in [5.41, 5.74) is 3.75. The quantitative estimate of drug-likeness (QED) is 0.552. The van der Waals surface area contributed by atoms with Gasteiger partial charge in [-0.15, -0.1) is 11.8 Å². The molecule has 2 aromatic rings. The van der Waals surface area contributed by atoms with Crippen LogP contribution < -0.4 is 5.43 Å². The van der Waals surface area contributed by atoms with Crippen molar-refractivity contribution in [3.05, 3.63) is 58.6 Å². The highest BCUT2D eigenvalue weighted by Gasteiger charge is 2.03. The summed E-state index contributed by atoms with van der Waals surface area (Å²) in [6.07, 6.45) is 1.31. The van der Waals surface area contributed by atoms with Crippen molar-refractivity contribution in [3.63, 3.8) is 0 Å². The van der Waals surface area contributed by atoms with Crippen molar-refractivity contribution < 1.29 is 15.0 Å². The minimum absolute atomic E-state index is 0.0420. The third kappa shape index (κ3) is 5.50. The Morgan fingerprint density at radius 3 is 2.78 bits per heavy atom. The predicted octanol–water partition coefficient (Wildman–Crippen LogP) is 3.13. The van der Waals surface area contributed by atoms with Crippen LogP contribution in [0.25, 0.3) is 0 Å². The normalized spacial score (nSPS) is 10.8. The average Bonchev–Trinajstić information content (AvgIpc) is 2.51. The fourth-order valence-corrected chi connectivity index (χ4v) is 2.82. The summed E-state index contributed by atoms with van der Waals surface area (Å²) in [5.74, 6) is 0.465. The van der Waals surface area contributed by atoms with Gasteiger partial charge >= 0.3 is 0 Å². The van der Waals surface area contributed by atoms with Crippen LogP contribution in [-0.2, 0) is 10.5 Å². The molecule has 0 atom stereocenters. The van der Waals surface area contributed by atoms with Gasteiger partial charge in [-0.3, -0.25) is 4.79 Å². The van der Waals surface area contributed by atoms with Crippen LogP contribution in [0.1, 0.15) is 11.1 Å². The predicted molar refractivity (Wildman–Crippen MR) is 93.1 cm³/mol. The van der Waals surface area contributed by atoms with E-state index in [0.717, 1.165) is 5.56 Å². The Hall–Kier alpha value is -2.18. The van der Waals surface area contributed by atoms with Crippen LogP contribution in [0.4, 0.5) is 0 Å². The maximum absolute atomic E-state index is 11.7. The molecule has 0 heterocycles. The molecule has 0 spiro atoms. The average molecular weight is 351 g/mol. The summed E-state index contributed by atoms with van der Waals surface area (Å²) in [6, 6.07) is 11.6. The van der Waals surface area contributed by atoms with Crippen molar-refractivity contribution in [3.8, 4) is 11.5 Å². The van der Waals surface area contributed by atoms with Gasteiger partial charge in [0.2, 0.25) is 5.91 Å². The van der Waals surface area contributed by atoms with Gasteiger partial charge < -0.3 is 10.2 Å². The second kappa shape index (κ2) is 8.45. The van der Waals surface area contributed by atoms with Crippen LogP contribution >= 0.6 is 23.4 Å². The van der Waals surface area contributed by atoms with Gasteiger partial charge in [-0.25, -0.2) is 5.43 Å². The molecule has 7 heteroatoms. The van der Waals surface area contributed by atoms with Crippen molar-refractivity contribution in [1.29, 1.82) is 0 Å². The Morgan fingerprint density at radius 2 is 2.04 bits per heavy atom. The number of benzene rings is 2. The topological polar surface area (TPSA) is 81.9 Å². The van der Waals surface area contributed by atoms with Gasteiger partial charge in [0.25, 0.3) is 0 Å². The molecular weight excluding hydrogens is 336 g/mol. The number of hydrazone groups is 1. The highest BCUT2D eigenvalue weighted by atomic mass is 35.5. The molecule has 3 N–H and O–H groups in total. The zero-order valence-electron chi connectivity index (χ0n) is 12.1. The first-order chi connectivity index (χ1) is 11.1. The smallest absolute Gasteiger partial charge is 0.250 e. The Kier molecular flexibility index (Phi) is 6.31. The molecule has 2 rings (SSSR count). The summed E-state index contributed by atoms with van der Waals surface area (Å²) in [7, 11) is 0. The Morgan fingerprint density at radius 1 is 1.26 bits per heavy atom. The van der Waals surface area contributed by atoms with Gasteiger partial charge in [-0.05, 0) is 23.8 Å². The number of rotatable bonds is 6. The van der Waals surface area contributed by atoms with E-state index in [4.69, 9.17) is 11.6 Å². The van der Waals surface area contributed by atoms with Crippen molar-refractivity contribution in [2.45, 2.75) is 5.75 Å². The van der Waals surface area contributed by atoms with Gasteiger partial charge in [0.15, 0.2) is 0 Å². The Bertz CT molecular complexity index is 722. The van der Waals surface area contributed by atoms with E-state index >= 15 is 0 Å². The molecule has 0 aromatic heterocycles. The van der Waals surface area contributed by atoms with E-state index in [1.165, 1.54) is 36.2 Å². The Balaban J connectivity index is 1.77. The molecule has 0 saturated heterocycles.